The highest BCUT2D eigenvalue weighted by Gasteiger charge is 2.00. The number of aryl methyl sites for hydroxylation is 2. The number of nitrogens with zero attached hydrogens (tertiary/aromatic N) is 1. The Balaban J connectivity index is 2.46. The van der Waals surface area contributed by atoms with Crippen LogP contribution in [-0.4, -0.2) is 9.97 Å². The summed E-state index contributed by atoms with van der Waals surface area (Å²) in [5, 5.41) is 0. The SMILES string of the molecule is Cc1cccc(-c2ncc(C)[nH]2)c1. The first kappa shape index (κ1) is 8.05. The van der Waals surface area contributed by atoms with Crippen molar-refractivity contribution in [2.75, 3.05) is 0 Å². The van der Waals surface area contributed by atoms with Crippen LogP contribution in [0.4, 0.5) is 0 Å². The molecular formula is C11H12N2. The average molecular weight is 172 g/mol. The maximum absolute atomic E-state index is 4.27. The first-order chi connectivity index (χ1) is 6.25. The van der Waals surface area contributed by atoms with Gasteiger partial charge in [0, 0.05) is 17.5 Å². The van der Waals surface area contributed by atoms with E-state index in [2.05, 4.69) is 35.1 Å². The Kier molecular flexibility index (Phi) is 1.89. The Hall–Kier alpha value is -1.57. The summed E-state index contributed by atoms with van der Waals surface area (Å²) in [6.45, 7) is 4.09. The molecule has 0 aliphatic rings. The van der Waals surface area contributed by atoms with E-state index in [1.165, 1.54) is 5.56 Å². The molecule has 0 spiro atoms. The Bertz CT molecular complexity index is 416. The second-order valence-corrected chi connectivity index (χ2v) is 3.28. The highest BCUT2D eigenvalue weighted by Crippen LogP contribution is 2.16. The molecule has 2 aromatic rings. The Morgan fingerprint density at radius 3 is 2.69 bits per heavy atom. The Morgan fingerprint density at radius 2 is 2.08 bits per heavy atom. The van der Waals surface area contributed by atoms with Crippen LogP contribution in [0.15, 0.2) is 30.5 Å². The molecule has 1 aromatic heterocycles. The van der Waals surface area contributed by atoms with Crippen molar-refractivity contribution < 1.29 is 0 Å². The smallest absolute Gasteiger partial charge is 0.137 e. The fourth-order valence-electron chi connectivity index (χ4n) is 1.35. The number of aromatic nitrogens is 2. The van der Waals surface area contributed by atoms with Crippen molar-refractivity contribution in [1.82, 2.24) is 9.97 Å². The molecule has 0 saturated heterocycles. The zero-order valence-electron chi connectivity index (χ0n) is 7.83. The highest BCUT2D eigenvalue weighted by molar-refractivity contribution is 5.56. The molecule has 0 radical (unpaired) electrons. The summed E-state index contributed by atoms with van der Waals surface area (Å²) in [7, 11) is 0. The lowest BCUT2D eigenvalue weighted by molar-refractivity contribution is 1.25. The number of H-pyrrole nitrogens is 1. The standard InChI is InChI=1S/C11H12N2/c1-8-4-3-5-10(6-8)11-12-7-9(2)13-11/h3-7H,1-2H3,(H,12,13). The molecule has 1 N–H and O–H groups in total. The van der Waals surface area contributed by atoms with E-state index in [0.717, 1.165) is 17.1 Å². The molecule has 0 bridgehead atoms. The second kappa shape index (κ2) is 3.05. The van der Waals surface area contributed by atoms with Crippen LogP contribution >= 0.6 is 0 Å². The average Bonchev–Trinajstić information content (AvgIpc) is 2.52. The van der Waals surface area contributed by atoms with Crippen molar-refractivity contribution >= 4 is 0 Å². The zero-order valence-corrected chi connectivity index (χ0v) is 7.83. The first-order valence-corrected chi connectivity index (χ1v) is 4.34. The van der Waals surface area contributed by atoms with Crippen molar-refractivity contribution in [3.63, 3.8) is 0 Å². The molecule has 2 nitrogen and oxygen atoms in total. The minimum absolute atomic E-state index is 0.946. The number of benzene rings is 1. The summed E-state index contributed by atoms with van der Waals surface area (Å²) in [4.78, 5) is 7.48. The molecule has 2 rings (SSSR count). The quantitative estimate of drug-likeness (QED) is 0.704. The number of hydrogen-bond acceptors (Lipinski definition) is 1. The molecule has 1 aromatic carbocycles. The molecule has 13 heavy (non-hydrogen) atoms. The minimum atomic E-state index is 0.946. The van der Waals surface area contributed by atoms with Gasteiger partial charge in [-0.2, -0.15) is 0 Å². The number of nitrogens with one attached hydrogen (secondary N) is 1. The normalized spacial score (nSPS) is 10.3. The van der Waals surface area contributed by atoms with Gasteiger partial charge in [0.15, 0.2) is 0 Å². The van der Waals surface area contributed by atoms with Gasteiger partial charge in [-0.25, -0.2) is 4.98 Å². The third-order valence-corrected chi connectivity index (χ3v) is 1.99. The van der Waals surface area contributed by atoms with Crippen molar-refractivity contribution in [2.45, 2.75) is 13.8 Å². The van der Waals surface area contributed by atoms with Crippen molar-refractivity contribution in [1.29, 1.82) is 0 Å². The van der Waals surface area contributed by atoms with E-state index in [0.29, 0.717) is 0 Å². The summed E-state index contributed by atoms with van der Waals surface area (Å²) >= 11 is 0. The van der Waals surface area contributed by atoms with Crippen LogP contribution in [0.2, 0.25) is 0 Å². The van der Waals surface area contributed by atoms with E-state index in [1.54, 1.807) is 0 Å². The van der Waals surface area contributed by atoms with E-state index in [1.807, 2.05) is 19.2 Å². The van der Waals surface area contributed by atoms with Gasteiger partial charge in [-0.05, 0) is 19.9 Å². The van der Waals surface area contributed by atoms with Crippen molar-refractivity contribution in [3.8, 4) is 11.4 Å². The predicted molar refractivity (Wildman–Crippen MR) is 53.5 cm³/mol. The van der Waals surface area contributed by atoms with Gasteiger partial charge in [-0.3, -0.25) is 0 Å². The summed E-state index contributed by atoms with van der Waals surface area (Å²) in [5.74, 6) is 0.946. The Morgan fingerprint density at radius 1 is 1.23 bits per heavy atom. The van der Waals surface area contributed by atoms with Gasteiger partial charge < -0.3 is 4.98 Å². The van der Waals surface area contributed by atoms with Gasteiger partial charge in [0.1, 0.15) is 5.82 Å². The molecule has 0 saturated carbocycles. The van der Waals surface area contributed by atoms with E-state index in [9.17, 15) is 0 Å². The van der Waals surface area contributed by atoms with Gasteiger partial charge in [0.25, 0.3) is 0 Å². The van der Waals surface area contributed by atoms with Gasteiger partial charge in [0.2, 0.25) is 0 Å². The van der Waals surface area contributed by atoms with Gasteiger partial charge in [-0.1, -0.05) is 23.8 Å². The Labute approximate surface area is 77.6 Å². The van der Waals surface area contributed by atoms with E-state index in [-0.39, 0.29) is 0 Å². The van der Waals surface area contributed by atoms with Crippen molar-refractivity contribution in [2.24, 2.45) is 0 Å². The molecule has 66 valence electrons. The van der Waals surface area contributed by atoms with E-state index < -0.39 is 0 Å². The van der Waals surface area contributed by atoms with Crippen molar-refractivity contribution in [3.05, 3.63) is 41.7 Å². The fraction of sp³-hybridized carbons (Fsp3) is 0.182. The van der Waals surface area contributed by atoms with E-state index >= 15 is 0 Å². The molecule has 0 unspecified atom stereocenters. The molecule has 0 amide bonds. The van der Waals surface area contributed by atoms with Crippen LogP contribution < -0.4 is 0 Å². The molecule has 0 atom stereocenters. The number of imidazole rings is 1. The topological polar surface area (TPSA) is 28.7 Å². The highest BCUT2D eigenvalue weighted by atomic mass is 14.9. The van der Waals surface area contributed by atoms with Gasteiger partial charge in [-0.15, -0.1) is 0 Å². The summed E-state index contributed by atoms with van der Waals surface area (Å²) in [6.07, 6.45) is 1.84. The lowest BCUT2D eigenvalue weighted by atomic mass is 10.1. The lowest BCUT2D eigenvalue weighted by Crippen LogP contribution is -1.81. The number of hydrogen-bond donors (Lipinski definition) is 1. The molecule has 0 aliphatic carbocycles. The summed E-state index contributed by atoms with van der Waals surface area (Å²) < 4.78 is 0. The van der Waals surface area contributed by atoms with Crippen LogP contribution in [0.1, 0.15) is 11.3 Å². The first-order valence-electron chi connectivity index (χ1n) is 4.34. The van der Waals surface area contributed by atoms with Crippen LogP contribution in [0.5, 0.6) is 0 Å². The minimum Gasteiger partial charge on any atom is -0.342 e. The summed E-state index contributed by atoms with van der Waals surface area (Å²) in [5.41, 5.74) is 3.50. The van der Waals surface area contributed by atoms with Gasteiger partial charge in [0.05, 0.1) is 0 Å². The maximum Gasteiger partial charge on any atom is 0.137 e. The monoisotopic (exact) mass is 172 g/mol. The molecule has 2 heteroatoms. The predicted octanol–water partition coefficient (Wildman–Crippen LogP) is 2.69. The van der Waals surface area contributed by atoms with Crippen LogP contribution in [0.25, 0.3) is 11.4 Å². The van der Waals surface area contributed by atoms with Crippen LogP contribution in [0, 0.1) is 13.8 Å². The van der Waals surface area contributed by atoms with Crippen LogP contribution in [-0.2, 0) is 0 Å². The molecular weight excluding hydrogens is 160 g/mol. The van der Waals surface area contributed by atoms with E-state index in [4.69, 9.17) is 0 Å². The second-order valence-electron chi connectivity index (χ2n) is 3.28. The van der Waals surface area contributed by atoms with Gasteiger partial charge >= 0.3 is 0 Å². The largest absolute Gasteiger partial charge is 0.342 e. The molecule has 0 fully saturated rings. The third kappa shape index (κ3) is 1.61. The van der Waals surface area contributed by atoms with Crippen LogP contribution in [0.3, 0.4) is 0 Å². The zero-order chi connectivity index (χ0) is 9.26. The molecule has 1 heterocycles. The lowest BCUT2D eigenvalue weighted by Gasteiger charge is -1.97. The fourth-order valence-corrected chi connectivity index (χ4v) is 1.35. The number of rotatable bonds is 1. The third-order valence-electron chi connectivity index (χ3n) is 1.99. The molecule has 0 aliphatic heterocycles. The maximum atomic E-state index is 4.27. The summed E-state index contributed by atoms with van der Waals surface area (Å²) in [6, 6.07) is 8.31. The number of aromatic amines is 1.